The first-order valence-corrected chi connectivity index (χ1v) is 14.1. The van der Waals surface area contributed by atoms with Gasteiger partial charge in [0.25, 0.3) is 0 Å². The van der Waals surface area contributed by atoms with Gasteiger partial charge in [-0.15, -0.1) is 0 Å². The Morgan fingerprint density at radius 3 is 1.94 bits per heavy atom. The maximum Gasteiger partial charge on any atom is 0.225 e. The molecule has 182 valence electrons. The van der Waals surface area contributed by atoms with E-state index in [1.54, 1.807) is 0 Å². The molecule has 5 aliphatic rings. The third kappa shape index (κ3) is 4.90. The molecule has 0 bridgehead atoms. The summed E-state index contributed by atoms with van der Waals surface area (Å²) in [5.41, 5.74) is 7.70. The van der Waals surface area contributed by atoms with E-state index in [0.29, 0.717) is 24.0 Å². The molecular formula is C27H48N4O. The molecule has 2 aliphatic heterocycles. The number of rotatable bonds is 3. The Bertz CT molecular complexity index is 617. The van der Waals surface area contributed by atoms with Crippen molar-refractivity contribution in [3.8, 4) is 0 Å². The largest absolute Gasteiger partial charge is 0.340 e. The summed E-state index contributed by atoms with van der Waals surface area (Å²) in [5.74, 6) is 4.95. The van der Waals surface area contributed by atoms with E-state index in [0.717, 1.165) is 68.6 Å². The van der Waals surface area contributed by atoms with Crippen molar-refractivity contribution in [2.75, 3.05) is 26.2 Å². The van der Waals surface area contributed by atoms with Crippen LogP contribution < -0.4 is 10.9 Å². The molecule has 3 saturated carbocycles. The second-order valence-corrected chi connectivity index (χ2v) is 12.2. The van der Waals surface area contributed by atoms with E-state index in [1.807, 2.05) is 0 Å². The van der Waals surface area contributed by atoms with Crippen LogP contribution in [0.2, 0.25) is 0 Å². The molecule has 2 N–H and O–H groups in total. The monoisotopic (exact) mass is 444 g/mol. The highest BCUT2D eigenvalue weighted by Crippen LogP contribution is 2.43. The lowest BCUT2D eigenvalue weighted by Gasteiger charge is -2.54. The Hall–Kier alpha value is -0.650. The molecule has 1 amide bonds. The topological polar surface area (TPSA) is 47.6 Å². The summed E-state index contributed by atoms with van der Waals surface area (Å²) in [6, 6.07) is 0.667. The maximum atomic E-state index is 13.1. The lowest BCUT2D eigenvalue weighted by molar-refractivity contribution is -0.140. The lowest BCUT2D eigenvalue weighted by Crippen LogP contribution is -2.70. The SMILES string of the molecule is CC1CCC(C(=O)N2CCN(C3NNC(C4CCC(C)CC4)C4CCCCC43)CC2)CC1. The summed E-state index contributed by atoms with van der Waals surface area (Å²) in [4.78, 5) is 18.0. The Morgan fingerprint density at radius 2 is 1.28 bits per heavy atom. The van der Waals surface area contributed by atoms with Crippen LogP contribution in [0.5, 0.6) is 0 Å². The number of fused-ring (bicyclic) bond motifs is 1. The number of hydrogen-bond acceptors (Lipinski definition) is 4. The molecule has 0 aromatic carbocycles. The minimum Gasteiger partial charge on any atom is -0.340 e. The van der Waals surface area contributed by atoms with E-state index in [1.165, 1.54) is 64.2 Å². The molecular weight excluding hydrogens is 396 g/mol. The first-order valence-electron chi connectivity index (χ1n) is 14.1. The molecule has 2 saturated heterocycles. The highest BCUT2D eigenvalue weighted by molar-refractivity contribution is 5.79. The van der Waals surface area contributed by atoms with E-state index in [9.17, 15) is 4.79 Å². The van der Waals surface area contributed by atoms with Crippen molar-refractivity contribution in [3.05, 3.63) is 0 Å². The van der Waals surface area contributed by atoms with Crippen molar-refractivity contribution in [2.45, 2.75) is 103 Å². The Kier molecular flexibility index (Phi) is 7.45. The van der Waals surface area contributed by atoms with Crippen LogP contribution in [0.25, 0.3) is 0 Å². The normalized spacial score (nSPS) is 44.1. The lowest BCUT2D eigenvalue weighted by atomic mass is 9.66. The van der Waals surface area contributed by atoms with E-state index >= 15 is 0 Å². The number of nitrogens with zero attached hydrogens (tertiary/aromatic N) is 2. The highest BCUT2D eigenvalue weighted by atomic mass is 16.2. The van der Waals surface area contributed by atoms with Gasteiger partial charge in [0.1, 0.15) is 0 Å². The first kappa shape index (κ1) is 23.1. The number of carbonyl (C=O) groups is 1. The van der Waals surface area contributed by atoms with Gasteiger partial charge in [-0.05, 0) is 81.0 Å². The van der Waals surface area contributed by atoms with E-state index in [2.05, 4.69) is 34.5 Å². The molecule has 0 radical (unpaired) electrons. The van der Waals surface area contributed by atoms with Crippen LogP contribution in [0.1, 0.15) is 90.9 Å². The fourth-order valence-corrected chi connectivity index (χ4v) is 7.88. The number of hydrogen-bond donors (Lipinski definition) is 2. The molecule has 4 atom stereocenters. The smallest absolute Gasteiger partial charge is 0.225 e. The van der Waals surface area contributed by atoms with Gasteiger partial charge in [-0.3, -0.25) is 15.1 Å². The fourth-order valence-electron chi connectivity index (χ4n) is 7.88. The van der Waals surface area contributed by atoms with Crippen molar-refractivity contribution in [1.29, 1.82) is 0 Å². The zero-order chi connectivity index (χ0) is 22.1. The number of piperazine rings is 1. The molecule has 5 rings (SSSR count). The highest BCUT2D eigenvalue weighted by Gasteiger charge is 2.46. The molecule has 0 spiro atoms. The standard InChI is InChI=1S/C27H48N4O/c1-19-7-11-21(12-8-19)25-23-5-3-4-6-24(23)26(29-28-25)30-15-17-31(18-16-30)27(32)22-13-9-20(2)10-14-22/h19-26,28-29H,3-18H2,1-2H3. The van der Waals surface area contributed by atoms with Gasteiger partial charge in [-0.2, -0.15) is 0 Å². The molecule has 0 aromatic rings. The van der Waals surface area contributed by atoms with Gasteiger partial charge < -0.3 is 4.90 Å². The first-order chi connectivity index (χ1) is 15.6. The summed E-state index contributed by atoms with van der Waals surface area (Å²) >= 11 is 0. The third-order valence-electron chi connectivity index (χ3n) is 10.1. The summed E-state index contributed by atoms with van der Waals surface area (Å²) < 4.78 is 0. The van der Waals surface area contributed by atoms with Crippen molar-refractivity contribution in [3.63, 3.8) is 0 Å². The second-order valence-electron chi connectivity index (χ2n) is 12.2. The maximum absolute atomic E-state index is 13.1. The van der Waals surface area contributed by atoms with Crippen LogP contribution in [0, 0.1) is 35.5 Å². The van der Waals surface area contributed by atoms with Crippen LogP contribution >= 0.6 is 0 Å². The number of nitrogens with one attached hydrogen (secondary N) is 2. The number of carbonyl (C=O) groups excluding carboxylic acids is 1. The van der Waals surface area contributed by atoms with Gasteiger partial charge >= 0.3 is 0 Å². The van der Waals surface area contributed by atoms with Gasteiger partial charge in [0.15, 0.2) is 0 Å². The van der Waals surface area contributed by atoms with Crippen LogP contribution in [0.15, 0.2) is 0 Å². The summed E-state index contributed by atoms with van der Waals surface area (Å²) in [6.07, 6.45) is 16.4. The summed E-state index contributed by atoms with van der Waals surface area (Å²) in [6.45, 7) is 8.67. The molecule has 5 heteroatoms. The van der Waals surface area contributed by atoms with E-state index in [4.69, 9.17) is 0 Å². The van der Waals surface area contributed by atoms with Gasteiger partial charge in [0, 0.05) is 38.1 Å². The fraction of sp³-hybridized carbons (Fsp3) is 0.963. The van der Waals surface area contributed by atoms with Crippen LogP contribution in [-0.4, -0.2) is 54.1 Å². The molecule has 4 unspecified atom stereocenters. The zero-order valence-corrected chi connectivity index (χ0v) is 20.7. The Balaban J connectivity index is 1.17. The number of amides is 1. The van der Waals surface area contributed by atoms with Gasteiger partial charge in [0.05, 0.1) is 6.17 Å². The average Bonchev–Trinajstić information content (AvgIpc) is 2.84. The van der Waals surface area contributed by atoms with Crippen LogP contribution in [0.3, 0.4) is 0 Å². The van der Waals surface area contributed by atoms with Crippen LogP contribution in [-0.2, 0) is 4.79 Å². The van der Waals surface area contributed by atoms with Crippen molar-refractivity contribution in [1.82, 2.24) is 20.7 Å². The number of hydrazine groups is 1. The molecule has 2 heterocycles. The van der Waals surface area contributed by atoms with E-state index in [-0.39, 0.29) is 0 Å². The quantitative estimate of drug-likeness (QED) is 0.678. The summed E-state index contributed by atoms with van der Waals surface area (Å²) in [5, 5.41) is 0. The van der Waals surface area contributed by atoms with Crippen molar-refractivity contribution < 1.29 is 4.79 Å². The third-order valence-corrected chi connectivity index (χ3v) is 10.1. The van der Waals surface area contributed by atoms with Crippen LogP contribution in [0.4, 0.5) is 0 Å². The zero-order valence-electron chi connectivity index (χ0n) is 20.7. The van der Waals surface area contributed by atoms with E-state index < -0.39 is 0 Å². The Morgan fingerprint density at radius 1 is 0.688 bits per heavy atom. The summed E-state index contributed by atoms with van der Waals surface area (Å²) in [7, 11) is 0. The Labute approximate surface area is 196 Å². The predicted octanol–water partition coefficient (Wildman–Crippen LogP) is 4.39. The van der Waals surface area contributed by atoms with Crippen molar-refractivity contribution in [2.24, 2.45) is 35.5 Å². The predicted molar refractivity (Wildman–Crippen MR) is 130 cm³/mol. The van der Waals surface area contributed by atoms with Gasteiger partial charge in [-0.1, -0.05) is 39.5 Å². The molecule has 32 heavy (non-hydrogen) atoms. The average molecular weight is 445 g/mol. The second kappa shape index (κ2) is 10.3. The van der Waals surface area contributed by atoms with Gasteiger partial charge in [0.2, 0.25) is 5.91 Å². The molecule has 5 nitrogen and oxygen atoms in total. The molecule has 3 aliphatic carbocycles. The minimum absolute atomic E-state index is 0.300. The molecule has 0 aromatic heterocycles. The molecule has 5 fully saturated rings. The van der Waals surface area contributed by atoms with Gasteiger partial charge in [-0.25, -0.2) is 5.43 Å². The van der Waals surface area contributed by atoms with Crippen molar-refractivity contribution >= 4 is 5.91 Å². The minimum atomic E-state index is 0.300.